The largest absolute Gasteiger partial charge is 0.455 e. The first kappa shape index (κ1) is 22.6. The second-order valence-electron chi connectivity index (χ2n) is 6.63. The van der Waals surface area contributed by atoms with E-state index in [1.807, 2.05) is 0 Å². The molecule has 3 N–H and O–H groups in total. The van der Waals surface area contributed by atoms with Gasteiger partial charge in [-0.1, -0.05) is 23.2 Å². The summed E-state index contributed by atoms with van der Waals surface area (Å²) in [5, 5.41) is 4.65. The summed E-state index contributed by atoms with van der Waals surface area (Å²) >= 11 is 11.8. The molecule has 0 fully saturated rings. The van der Waals surface area contributed by atoms with Crippen LogP contribution < -0.4 is 16.3 Å². The highest BCUT2D eigenvalue weighted by Crippen LogP contribution is 2.29. The summed E-state index contributed by atoms with van der Waals surface area (Å²) in [6.45, 7) is 3.63. The second kappa shape index (κ2) is 9.84. The number of ether oxygens (including phenoxy) is 1. The Labute approximate surface area is 188 Å². The summed E-state index contributed by atoms with van der Waals surface area (Å²) in [5.41, 5.74) is 8.91. The van der Waals surface area contributed by atoms with Gasteiger partial charge >= 0.3 is 12.0 Å². The van der Waals surface area contributed by atoms with Gasteiger partial charge in [0.2, 0.25) is 0 Å². The van der Waals surface area contributed by atoms with Crippen LogP contribution in [0.5, 0.6) is 0 Å². The topological polar surface area (TPSA) is 122 Å². The van der Waals surface area contributed by atoms with Gasteiger partial charge < -0.3 is 9.15 Å². The van der Waals surface area contributed by atoms with Gasteiger partial charge in [0.15, 0.2) is 5.76 Å². The van der Waals surface area contributed by atoms with Crippen LogP contribution in [0.2, 0.25) is 10.0 Å². The number of hydrazine groups is 1. The maximum Gasteiger partial charge on any atom is 0.427 e. The number of rotatable bonds is 4. The first-order valence-corrected chi connectivity index (χ1v) is 10.2. The molecule has 11 heteroatoms. The molecule has 1 aliphatic rings. The smallest absolute Gasteiger partial charge is 0.427 e. The number of nitrogens with one attached hydrogen (secondary N) is 3. The summed E-state index contributed by atoms with van der Waals surface area (Å²) in [7, 11) is 0. The van der Waals surface area contributed by atoms with Gasteiger partial charge in [-0.2, -0.15) is 5.10 Å². The molecule has 3 rings (SSSR count). The molecule has 3 amide bonds. The normalized spacial score (nSPS) is 14.0. The Kier molecular flexibility index (Phi) is 7.19. The van der Waals surface area contributed by atoms with Crippen LogP contribution in [0.3, 0.4) is 0 Å². The van der Waals surface area contributed by atoms with Crippen LogP contribution >= 0.6 is 23.2 Å². The third kappa shape index (κ3) is 5.18. The molecular formula is C20H20Cl2N4O5. The molecule has 1 heterocycles. The lowest BCUT2D eigenvalue weighted by Crippen LogP contribution is -2.41. The standard InChI is InChI=1S/C20H20Cl2N4O5/c1-3-30-20(29)26-23-14-5-4-6-15-16(14)10(2)17(31-15)19(28)25-24-18(27)12-8-7-11(21)9-13(12)22/h7-9H,3-6H2,1-2H3,(H,24,27)(H,25,28)(H,26,29)/b23-14+. The number of hydrazone groups is 1. The van der Waals surface area contributed by atoms with E-state index >= 15 is 0 Å². The number of amides is 3. The van der Waals surface area contributed by atoms with Gasteiger partial charge in [0, 0.05) is 22.6 Å². The van der Waals surface area contributed by atoms with Crippen molar-refractivity contribution in [2.45, 2.75) is 33.1 Å². The zero-order chi connectivity index (χ0) is 22.5. The molecule has 164 valence electrons. The first-order valence-electron chi connectivity index (χ1n) is 9.49. The Balaban J connectivity index is 1.73. The number of halogens is 2. The zero-order valence-electron chi connectivity index (χ0n) is 16.8. The third-order valence-electron chi connectivity index (χ3n) is 4.55. The number of furan rings is 1. The quantitative estimate of drug-likeness (QED) is 0.592. The molecule has 0 bridgehead atoms. The van der Waals surface area contributed by atoms with Gasteiger partial charge in [-0.05, 0) is 44.9 Å². The van der Waals surface area contributed by atoms with E-state index in [1.165, 1.54) is 18.2 Å². The molecule has 0 spiro atoms. The average Bonchev–Trinajstić information content (AvgIpc) is 3.08. The van der Waals surface area contributed by atoms with Crippen LogP contribution in [0.4, 0.5) is 4.79 Å². The highest BCUT2D eigenvalue weighted by molar-refractivity contribution is 6.36. The van der Waals surface area contributed by atoms with Crippen molar-refractivity contribution in [3.63, 3.8) is 0 Å². The van der Waals surface area contributed by atoms with Crippen molar-refractivity contribution in [2.24, 2.45) is 5.10 Å². The van der Waals surface area contributed by atoms with Gasteiger partial charge in [0.1, 0.15) is 5.76 Å². The number of fused-ring (bicyclic) bond motifs is 1. The van der Waals surface area contributed by atoms with Gasteiger partial charge in [-0.3, -0.25) is 20.4 Å². The van der Waals surface area contributed by atoms with Gasteiger partial charge in [0.05, 0.1) is 22.9 Å². The van der Waals surface area contributed by atoms with Crippen molar-refractivity contribution >= 4 is 46.8 Å². The SMILES string of the molecule is CCOC(=O)N/N=C1\CCCc2oc(C(=O)NNC(=O)c3ccc(Cl)cc3Cl)c(C)c21. The molecule has 1 aliphatic carbocycles. The zero-order valence-corrected chi connectivity index (χ0v) is 18.3. The molecule has 9 nitrogen and oxygen atoms in total. The minimum Gasteiger partial charge on any atom is -0.455 e. The van der Waals surface area contributed by atoms with E-state index in [0.717, 1.165) is 6.42 Å². The van der Waals surface area contributed by atoms with E-state index in [2.05, 4.69) is 21.4 Å². The number of carbonyl (C=O) groups excluding carboxylic acids is 3. The maximum absolute atomic E-state index is 12.6. The molecule has 0 atom stereocenters. The van der Waals surface area contributed by atoms with Gasteiger partial charge in [-0.15, -0.1) is 0 Å². The number of benzene rings is 1. The van der Waals surface area contributed by atoms with Crippen molar-refractivity contribution in [3.8, 4) is 0 Å². The molecule has 0 unspecified atom stereocenters. The number of hydrogen-bond donors (Lipinski definition) is 3. The summed E-state index contributed by atoms with van der Waals surface area (Å²) < 4.78 is 10.5. The van der Waals surface area contributed by atoms with Gasteiger partial charge in [-0.25, -0.2) is 10.2 Å². The van der Waals surface area contributed by atoms with E-state index in [9.17, 15) is 14.4 Å². The summed E-state index contributed by atoms with van der Waals surface area (Å²) in [6, 6.07) is 4.39. The molecule has 0 radical (unpaired) electrons. The first-order chi connectivity index (χ1) is 14.8. The highest BCUT2D eigenvalue weighted by atomic mass is 35.5. The van der Waals surface area contributed by atoms with Crippen molar-refractivity contribution < 1.29 is 23.5 Å². The fourth-order valence-corrected chi connectivity index (χ4v) is 3.68. The second-order valence-corrected chi connectivity index (χ2v) is 7.47. The number of nitrogens with zero attached hydrogens (tertiary/aromatic N) is 1. The lowest BCUT2D eigenvalue weighted by molar-refractivity contribution is 0.0829. The third-order valence-corrected chi connectivity index (χ3v) is 5.10. The molecule has 0 saturated carbocycles. The molecule has 1 aromatic heterocycles. The summed E-state index contributed by atoms with van der Waals surface area (Å²) in [5.74, 6) is -0.614. The van der Waals surface area contributed by atoms with E-state index in [4.69, 9.17) is 32.4 Å². The minimum absolute atomic E-state index is 0.0400. The van der Waals surface area contributed by atoms with Crippen LogP contribution in [0.15, 0.2) is 27.7 Å². The number of carbonyl (C=O) groups is 3. The molecule has 1 aromatic carbocycles. The Morgan fingerprint density at radius 3 is 2.61 bits per heavy atom. The van der Waals surface area contributed by atoms with E-state index in [-0.39, 0.29) is 23.0 Å². The van der Waals surface area contributed by atoms with Crippen LogP contribution in [0.25, 0.3) is 0 Å². The lowest BCUT2D eigenvalue weighted by atomic mass is 9.93. The molecule has 0 aliphatic heterocycles. The van der Waals surface area contributed by atoms with E-state index in [1.54, 1.807) is 13.8 Å². The highest BCUT2D eigenvalue weighted by Gasteiger charge is 2.28. The molecule has 2 aromatic rings. The summed E-state index contributed by atoms with van der Waals surface area (Å²) in [4.78, 5) is 36.4. The van der Waals surface area contributed by atoms with Crippen LogP contribution in [0.1, 0.15) is 57.6 Å². The predicted octanol–water partition coefficient (Wildman–Crippen LogP) is 3.76. The summed E-state index contributed by atoms with van der Waals surface area (Å²) in [6.07, 6.45) is 1.31. The molecule has 0 saturated heterocycles. The van der Waals surface area contributed by atoms with E-state index in [0.29, 0.717) is 40.5 Å². The number of hydrogen-bond acceptors (Lipinski definition) is 6. The predicted molar refractivity (Wildman–Crippen MR) is 114 cm³/mol. The fraction of sp³-hybridized carbons (Fsp3) is 0.300. The maximum atomic E-state index is 12.6. The lowest BCUT2D eigenvalue weighted by Gasteiger charge is -2.13. The minimum atomic E-state index is -0.662. The van der Waals surface area contributed by atoms with Crippen LogP contribution in [-0.4, -0.2) is 30.2 Å². The van der Waals surface area contributed by atoms with Gasteiger partial charge in [0.25, 0.3) is 5.91 Å². The molecule has 31 heavy (non-hydrogen) atoms. The Morgan fingerprint density at radius 2 is 1.90 bits per heavy atom. The Hall–Kier alpha value is -3.04. The Bertz CT molecular complexity index is 1060. The van der Waals surface area contributed by atoms with E-state index < -0.39 is 17.9 Å². The van der Waals surface area contributed by atoms with Crippen LogP contribution in [0, 0.1) is 6.92 Å². The van der Waals surface area contributed by atoms with Crippen molar-refractivity contribution in [3.05, 3.63) is 56.5 Å². The van der Waals surface area contributed by atoms with Crippen molar-refractivity contribution in [2.75, 3.05) is 6.61 Å². The van der Waals surface area contributed by atoms with Crippen molar-refractivity contribution in [1.29, 1.82) is 0 Å². The Morgan fingerprint density at radius 1 is 1.16 bits per heavy atom. The van der Waals surface area contributed by atoms with Crippen molar-refractivity contribution in [1.82, 2.24) is 16.3 Å². The van der Waals surface area contributed by atoms with Crippen LogP contribution in [-0.2, 0) is 11.2 Å². The fourth-order valence-electron chi connectivity index (χ4n) is 3.18. The monoisotopic (exact) mass is 466 g/mol. The molecular weight excluding hydrogens is 447 g/mol. The average molecular weight is 467 g/mol. The number of aryl methyl sites for hydroxylation is 1.